The van der Waals surface area contributed by atoms with Crippen molar-refractivity contribution in [2.75, 3.05) is 25.0 Å². The van der Waals surface area contributed by atoms with Crippen LogP contribution in [0.1, 0.15) is 31.1 Å². The Kier molecular flexibility index (Phi) is 3.15. The number of anilines is 1. The zero-order valence-corrected chi connectivity index (χ0v) is 10.9. The number of hydrogen-bond donors (Lipinski definition) is 2. The van der Waals surface area contributed by atoms with Crippen LogP contribution >= 0.6 is 0 Å². The van der Waals surface area contributed by atoms with E-state index in [0.29, 0.717) is 6.54 Å². The molecule has 0 aromatic heterocycles. The number of likely N-dealkylation sites (N-methyl/N-ethyl adjacent to an activating group) is 1. The maximum atomic E-state index is 10.4. The Morgan fingerprint density at radius 2 is 2.18 bits per heavy atom. The van der Waals surface area contributed by atoms with Crippen LogP contribution in [0.25, 0.3) is 0 Å². The summed E-state index contributed by atoms with van der Waals surface area (Å²) in [6.07, 6.45) is 0.568. The molecule has 1 aliphatic rings. The lowest BCUT2D eigenvalue weighted by atomic mass is 9.82. The maximum absolute atomic E-state index is 10.4. The normalized spacial score (nSPS) is 17.1. The molecular weight excluding hydrogens is 212 g/mol. The van der Waals surface area contributed by atoms with Gasteiger partial charge in [0.15, 0.2) is 0 Å². The van der Waals surface area contributed by atoms with E-state index in [4.69, 9.17) is 5.73 Å². The van der Waals surface area contributed by atoms with Gasteiger partial charge >= 0.3 is 0 Å². The Morgan fingerprint density at radius 3 is 2.82 bits per heavy atom. The first kappa shape index (κ1) is 12.4. The molecule has 2 rings (SSSR count). The van der Waals surface area contributed by atoms with Crippen LogP contribution in [0, 0.1) is 5.41 Å². The third kappa shape index (κ3) is 2.17. The topological polar surface area (TPSA) is 49.5 Å². The number of rotatable bonds is 3. The van der Waals surface area contributed by atoms with Gasteiger partial charge in [-0.1, -0.05) is 26.0 Å². The largest absolute Gasteiger partial charge is 0.388 e. The summed E-state index contributed by atoms with van der Waals surface area (Å²) in [5.41, 5.74) is 9.03. The molecule has 0 aliphatic carbocycles. The van der Waals surface area contributed by atoms with E-state index < -0.39 is 6.10 Å². The molecule has 3 nitrogen and oxygen atoms in total. The first-order valence-electron chi connectivity index (χ1n) is 6.18. The first-order valence-corrected chi connectivity index (χ1v) is 6.18. The molecule has 17 heavy (non-hydrogen) atoms. The van der Waals surface area contributed by atoms with Crippen molar-refractivity contribution in [2.45, 2.75) is 26.4 Å². The molecule has 1 aromatic carbocycles. The molecule has 1 aromatic rings. The van der Waals surface area contributed by atoms with Gasteiger partial charge < -0.3 is 15.7 Å². The highest BCUT2D eigenvalue weighted by atomic mass is 16.3. The van der Waals surface area contributed by atoms with E-state index in [0.717, 1.165) is 18.5 Å². The number of aliphatic hydroxyl groups excluding tert-OH is 1. The van der Waals surface area contributed by atoms with Crippen molar-refractivity contribution in [3.05, 3.63) is 29.3 Å². The number of aliphatic hydroxyl groups is 1. The predicted molar refractivity (Wildman–Crippen MR) is 71.2 cm³/mol. The summed E-state index contributed by atoms with van der Waals surface area (Å²) in [6.45, 7) is 5.54. The Labute approximate surface area is 103 Å². The fourth-order valence-electron chi connectivity index (χ4n) is 2.32. The van der Waals surface area contributed by atoms with Crippen molar-refractivity contribution < 1.29 is 5.11 Å². The van der Waals surface area contributed by atoms with Gasteiger partial charge in [0.1, 0.15) is 0 Å². The summed E-state index contributed by atoms with van der Waals surface area (Å²) < 4.78 is 0. The average molecular weight is 234 g/mol. The van der Waals surface area contributed by atoms with E-state index in [2.05, 4.69) is 24.1 Å². The molecule has 0 bridgehead atoms. The molecule has 0 spiro atoms. The molecule has 0 saturated heterocycles. The molecule has 1 atom stereocenters. The predicted octanol–water partition coefficient (Wildman–Crippen LogP) is 1.70. The second kappa shape index (κ2) is 4.31. The Morgan fingerprint density at radius 1 is 1.47 bits per heavy atom. The van der Waals surface area contributed by atoms with Crippen molar-refractivity contribution in [3.8, 4) is 0 Å². The fraction of sp³-hybridized carbons (Fsp3) is 0.571. The molecule has 1 heterocycles. The summed E-state index contributed by atoms with van der Waals surface area (Å²) in [6, 6.07) is 6.25. The monoisotopic (exact) mass is 234 g/mol. The highest BCUT2D eigenvalue weighted by molar-refractivity contribution is 5.58. The number of nitrogens with zero attached hydrogens (tertiary/aromatic N) is 1. The Hall–Kier alpha value is -1.06. The molecule has 1 unspecified atom stereocenters. The lowest BCUT2D eigenvalue weighted by molar-refractivity contribution is 0.0555. The minimum atomic E-state index is -0.497. The fourth-order valence-corrected chi connectivity index (χ4v) is 2.32. The number of benzene rings is 1. The van der Waals surface area contributed by atoms with Crippen LogP contribution in [0.2, 0.25) is 0 Å². The van der Waals surface area contributed by atoms with Crippen LogP contribution in [0.15, 0.2) is 18.2 Å². The maximum Gasteiger partial charge on any atom is 0.0853 e. The summed E-state index contributed by atoms with van der Waals surface area (Å²) in [5, 5.41) is 10.4. The van der Waals surface area contributed by atoms with Gasteiger partial charge in [-0.3, -0.25) is 0 Å². The summed E-state index contributed by atoms with van der Waals surface area (Å²) in [7, 11) is 2.10. The molecule has 0 saturated carbocycles. The minimum absolute atomic E-state index is 0.279. The highest BCUT2D eigenvalue weighted by Gasteiger charge is 2.28. The molecular formula is C14H22N2O. The lowest BCUT2D eigenvalue weighted by Crippen LogP contribution is -2.30. The van der Waals surface area contributed by atoms with Crippen molar-refractivity contribution in [1.82, 2.24) is 0 Å². The van der Waals surface area contributed by atoms with E-state index in [1.807, 2.05) is 19.9 Å². The van der Waals surface area contributed by atoms with Crippen molar-refractivity contribution in [1.29, 1.82) is 0 Å². The number of nitrogens with two attached hydrogens (primary N) is 1. The zero-order valence-electron chi connectivity index (χ0n) is 10.9. The summed E-state index contributed by atoms with van der Waals surface area (Å²) >= 11 is 0. The second-order valence-electron chi connectivity index (χ2n) is 5.65. The standard InChI is InChI=1S/C14H22N2O/c1-14(2,9-15)13(17)11-4-5-12-10(8-11)6-7-16(12)3/h4-5,8,13,17H,6-7,9,15H2,1-3H3. The van der Waals surface area contributed by atoms with Crippen LogP contribution < -0.4 is 10.6 Å². The van der Waals surface area contributed by atoms with Gasteiger partial charge in [0.2, 0.25) is 0 Å². The van der Waals surface area contributed by atoms with Crippen LogP contribution in [0.5, 0.6) is 0 Å². The summed E-state index contributed by atoms with van der Waals surface area (Å²) in [5.74, 6) is 0. The highest BCUT2D eigenvalue weighted by Crippen LogP contribution is 2.35. The smallest absolute Gasteiger partial charge is 0.0853 e. The minimum Gasteiger partial charge on any atom is -0.388 e. The molecule has 3 heteroatoms. The SMILES string of the molecule is CN1CCc2cc(C(O)C(C)(C)CN)ccc21. The van der Waals surface area contributed by atoms with Crippen molar-refractivity contribution >= 4 is 5.69 Å². The Balaban J connectivity index is 2.30. The summed E-state index contributed by atoms with van der Waals surface area (Å²) in [4.78, 5) is 2.25. The van der Waals surface area contributed by atoms with Gasteiger partial charge in [-0.2, -0.15) is 0 Å². The van der Waals surface area contributed by atoms with E-state index in [-0.39, 0.29) is 5.41 Å². The zero-order chi connectivity index (χ0) is 12.6. The molecule has 0 amide bonds. The van der Waals surface area contributed by atoms with E-state index in [1.165, 1.54) is 11.3 Å². The third-order valence-corrected chi connectivity index (χ3v) is 3.81. The van der Waals surface area contributed by atoms with Gasteiger partial charge in [0.25, 0.3) is 0 Å². The van der Waals surface area contributed by atoms with Crippen molar-refractivity contribution in [2.24, 2.45) is 11.1 Å². The van der Waals surface area contributed by atoms with Gasteiger partial charge in [0.05, 0.1) is 6.10 Å². The van der Waals surface area contributed by atoms with Gasteiger partial charge in [-0.05, 0) is 23.6 Å². The third-order valence-electron chi connectivity index (χ3n) is 3.81. The van der Waals surface area contributed by atoms with Gasteiger partial charge in [-0.15, -0.1) is 0 Å². The van der Waals surface area contributed by atoms with Crippen molar-refractivity contribution in [3.63, 3.8) is 0 Å². The molecule has 0 radical (unpaired) electrons. The first-order chi connectivity index (χ1) is 7.95. The van der Waals surface area contributed by atoms with E-state index in [9.17, 15) is 5.11 Å². The quantitative estimate of drug-likeness (QED) is 0.837. The van der Waals surface area contributed by atoms with E-state index in [1.54, 1.807) is 0 Å². The Bertz CT molecular complexity index is 415. The molecule has 3 N–H and O–H groups in total. The molecule has 94 valence electrons. The van der Waals surface area contributed by atoms with Crippen LogP contribution in [-0.2, 0) is 6.42 Å². The second-order valence-corrected chi connectivity index (χ2v) is 5.65. The van der Waals surface area contributed by atoms with E-state index >= 15 is 0 Å². The number of fused-ring (bicyclic) bond motifs is 1. The molecule has 0 fully saturated rings. The van der Waals surface area contributed by atoms with Crippen LogP contribution in [0.3, 0.4) is 0 Å². The van der Waals surface area contributed by atoms with Gasteiger partial charge in [0, 0.05) is 31.2 Å². The number of hydrogen-bond acceptors (Lipinski definition) is 3. The average Bonchev–Trinajstić information content (AvgIpc) is 2.69. The molecule has 1 aliphatic heterocycles. The van der Waals surface area contributed by atoms with Crippen LogP contribution in [-0.4, -0.2) is 25.2 Å². The lowest BCUT2D eigenvalue weighted by Gasteiger charge is -2.29. The van der Waals surface area contributed by atoms with Crippen LogP contribution in [0.4, 0.5) is 5.69 Å². The van der Waals surface area contributed by atoms with Gasteiger partial charge in [-0.25, -0.2) is 0 Å².